The number of thioether (sulfide) groups is 1. The van der Waals surface area contributed by atoms with Gasteiger partial charge in [-0.15, -0.1) is 0 Å². The van der Waals surface area contributed by atoms with Crippen LogP contribution >= 0.6 is 11.8 Å². The summed E-state index contributed by atoms with van der Waals surface area (Å²) in [5, 5.41) is 20.3. The van der Waals surface area contributed by atoms with Crippen molar-refractivity contribution in [2.24, 2.45) is 5.92 Å². The Hall–Kier alpha value is -0.803. The van der Waals surface area contributed by atoms with Gasteiger partial charge in [0.25, 0.3) is 0 Å². The minimum absolute atomic E-state index is 0.0760. The Morgan fingerprint density at radius 3 is 2.58 bits per heavy atom. The molecule has 0 aliphatic carbocycles. The second kappa shape index (κ2) is 7.67. The average Bonchev–Trinajstić information content (AvgIpc) is 2.85. The topological polar surface area (TPSA) is 79.2 Å². The van der Waals surface area contributed by atoms with Crippen LogP contribution in [0, 0.1) is 5.92 Å². The minimum Gasteiger partial charge on any atom is -0.457 e. The summed E-state index contributed by atoms with van der Waals surface area (Å²) in [7, 11) is -1.97. The molecule has 2 unspecified atom stereocenters. The lowest BCUT2D eigenvalue weighted by atomic mass is 9.91. The van der Waals surface area contributed by atoms with Crippen molar-refractivity contribution in [2.45, 2.75) is 63.5 Å². The Balaban J connectivity index is 2.13. The molecule has 2 aliphatic rings. The lowest BCUT2D eigenvalue weighted by Gasteiger charge is -2.53. The smallest absolute Gasteiger partial charge is 0.355 e. The summed E-state index contributed by atoms with van der Waals surface area (Å²) in [5.41, 5.74) is 0.257. The number of carbonyl (C=O) groups excluding carboxylic acids is 1. The van der Waals surface area contributed by atoms with Crippen LogP contribution in [0.5, 0.6) is 0 Å². The van der Waals surface area contributed by atoms with Crippen LogP contribution < -0.4 is 0 Å². The zero-order valence-electron chi connectivity index (χ0n) is 16.5. The molecule has 0 aromatic carbocycles. The van der Waals surface area contributed by atoms with Crippen LogP contribution in [0.4, 0.5) is 0 Å². The van der Waals surface area contributed by atoms with Crippen molar-refractivity contribution in [3.8, 4) is 0 Å². The Morgan fingerprint density at radius 2 is 2.08 bits per heavy atom. The number of carbonyl (C=O) groups is 1. The molecular weight excluding hydrogens is 370 g/mol. The largest absolute Gasteiger partial charge is 0.457 e. The second-order valence-electron chi connectivity index (χ2n) is 8.31. The minimum atomic E-state index is -1.97. The fraction of sp³-hybridized carbons (Fsp3) is 0.722. The van der Waals surface area contributed by atoms with E-state index in [1.807, 2.05) is 6.92 Å². The average molecular weight is 402 g/mol. The summed E-state index contributed by atoms with van der Waals surface area (Å²) < 4.78 is 11.6. The molecule has 26 heavy (non-hydrogen) atoms. The maximum absolute atomic E-state index is 12.3. The zero-order chi connectivity index (χ0) is 19.9. The number of rotatable bonds is 7. The van der Waals surface area contributed by atoms with Gasteiger partial charge in [0.1, 0.15) is 18.5 Å². The molecule has 2 N–H and O–H groups in total. The molecular formula is C18H31NO5SSi. The molecule has 1 saturated heterocycles. The van der Waals surface area contributed by atoms with Crippen molar-refractivity contribution in [1.82, 2.24) is 4.90 Å². The van der Waals surface area contributed by atoms with Gasteiger partial charge in [-0.2, -0.15) is 0 Å². The van der Waals surface area contributed by atoms with E-state index in [0.717, 1.165) is 0 Å². The fourth-order valence-corrected chi connectivity index (χ4v) is 6.01. The van der Waals surface area contributed by atoms with Gasteiger partial charge in [0, 0.05) is 4.91 Å². The van der Waals surface area contributed by atoms with E-state index < -0.39 is 20.5 Å². The van der Waals surface area contributed by atoms with E-state index in [9.17, 15) is 15.0 Å². The van der Waals surface area contributed by atoms with E-state index in [1.54, 1.807) is 4.90 Å². The van der Waals surface area contributed by atoms with E-state index in [1.165, 1.54) is 17.8 Å². The molecule has 0 bridgehead atoms. The first kappa shape index (κ1) is 21.5. The second-order valence-corrected chi connectivity index (χ2v) is 14.3. The van der Waals surface area contributed by atoms with Crippen LogP contribution in [0.1, 0.15) is 27.7 Å². The van der Waals surface area contributed by atoms with Crippen molar-refractivity contribution in [1.29, 1.82) is 0 Å². The number of ether oxygens (including phenoxy) is 1. The number of aliphatic hydroxyl groups is 2. The lowest BCUT2D eigenvalue weighted by Crippen LogP contribution is -2.65. The molecule has 6 nitrogen and oxygen atoms in total. The molecule has 2 aliphatic heterocycles. The van der Waals surface area contributed by atoms with Crippen LogP contribution in [0.25, 0.3) is 0 Å². The van der Waals surface area contributed by atoms with E-state index in [2.05, 4.69) is 40.4 Å². The molecule has 8 heteroatoms. The molecule has 0 aromatic rings. The summed E-state index contributed by atoms with van der Waals surface area (Å²) in [6.07, 6.45) is 0.506. The summed E-state index contributed by atoms with van der Waals surface area (Å²) in [6, 6.07) is 0. The highest BCUT2D eigenvalue weighted by atomic mass is 32.2. The molecule has 0 amide bonds. The highest BCUT2D eigenvalue weighted by Crippen LogP contribution is 2.53. The van der Waals surface area contributed by atoms with Crippen LogP contribution in [0.2, 0.25) is 18.1 Å². The quantitative estimate of drug-likeness (QED) is 0.386. The number of esters is 1. The van der Waals surface area contributed by atoms with Gasteiger partial charge < -0.3 is 24.3 Å². The third-order valence-electron chi connectivity index (χ3n) is 5.52. The zero-order valence-corrected chi connectivity index (χ0v) is 18.3. The standard InChI is InChI=1S/C18H31NO5SSi/c1-8-9-23-17(22)14-12(10-20)25-16-13(15(21)19(14)16)11(2)24-26(6,7)18(3,4)5/h8,11,13,15-16,20-21H,1,9-10H2,2-7H3/t11-,13+,15?,16?/m1/s1. The molecule has 1 fully saturated rings. The van der Waals surface area contributed by atoms with Crippen LogP contribution in [-0.2, 0) is 14.0 Å². The van der Waals surface area contributed by atoms with E-state index in [-0.39, 0.29) is 41.3 Å². The van der Waals surface area contributed by atoms with Crippen molar-refractivity contribution >= 4 is 26.0 Å². The summed E-state index contributed by atoms with van der Waals surface area (Å²) >= 11 is 1.41. The van der Waals surface area contributed by atoms with Gasteiger partial charge in [0.15, 0.2) is 8.32 Å². The summed E-state index contributed by atoms with van der Waals surface area (Å²) in [4.78, 5) is 14.5. The highest BCUT2D eigenvalue weighted by molar-refractivity contribution is 8.04. The fourth-order valence-electron chi connectivity index (χ4n) is 3.04. The Bertz CT molecular complexity index is 601. The predicted molar refractivity (Wildman–Crippen MR) is 106 cm³/mol. The monoisotopic (exact) mass is 401 g/mol. The van der Waals surface area contributed by atoms with Gasteiger partial charge in [0.05, 0.1) is 24.0 Å². The lowest BCUT2D eigenvalue weighted by molar-refractivity contribution is -0.167. The van der Waals surface area contributed by atoms with Gasteiger partial charge in [0.2, 0.25) is 0 Å². The maximum atomic E-state index is 12.3. The SMILES string of the molecule is C=CCOC(=O)C1=C(CO)SC2[C@@H]([C@@H](C)O[Si](C)(C)C(C)(C)C)C(O)N12. The van der Waals surface area contributed by atoms with Crippen molar-refractivity contribution in [2.75, 3.05) is 13.2 Å². The number of hydrogen-bond acceptors (Lipinski definition) is 7. The summed E-state index contributed by atoms with van der Waals surface area (Å²) in [6.45, 7) is 16.3. The van der Waals surface area contributed by atoms with Crippen molar-refractivity contribution in [3.63, 3.8) is 0 Å². The Morgan fingerprint density at radius 1 is 1.46 bits per heavy atom. The number of fused-ring (bicyclic) bond motifs is 1. The molecule has 2 heterocycles. The molecule has 0 saturated carbocycles. The van der Waals surface area contributed by atoms with E-state index in [4.69, 9.17) is 9.16 Å². The molecule has 4 atom stereocenters. The van der Waals surface area contributed by atoms with Gasteiger partial charge in [-0.3, -0.25) is 0 Å². The highest BCUT2D eigenvalue weighted by Gasteiger charge is 2.58. The van der Waals surface area contributed by atoms with Crippen LogP contribution in [0.15, 0.2) is 23.3 Å². The number of nitrogens with zero attached hydrogens (tertiary/aromatic N) is 1. The van der Waals surface area contributed by atoms with Crippen molar-refractivity contribution in [3.05, 3.63) is 23.3 Å². The Kier molecular flexibility index (Phi) is 6.34. The number of hydrogen-bond donors (Lipinski definition) is 2. The molecule has 148 valence electrons. The maximum Gasteiger partial charge on any atom is 0.355 e. The van der Waals surface area contributed by atoms with Gasteiger partial charge in [-0.05, 0) is 25.1 Å². The first-order valence-corrected chi connectivity index (χ1v) is 12.7. The molecule has 0 radical (unpaired) electrons. The first-order valence-electron chi connectivity index (χ1n) is 8.89. The first-order chi connectivity index (χ1) is 12.0. The van der Waals surface area contributed by atoms with Crippen LogP contribution in [-0.4, -0.2) is 60.3 Å². The van der Waals surface area contributed by atoms with Gasteiger partial charge >= 0.3 is 5.97 Å². The Labute approximate surface area is 161 Å². The van der Waals surface area contributed by atoms with Gasteiger partial charge in [-0.1, -0.05) is 45.2 Å². The molecule has 0 aromatic heterocycles. The van der Waals surface area contributed by atoms with Crippen molar-refractivity contribution < 1.29 is 24.2 Å². The van der Waals surface area contributed by atoms with Crippen LogP contribution in [0.3, 0.4) is 0 Å². The molecule has 2 rings (SSSR count). The van der Waals surface area contributed by atoms with E-state index in [0.29, 0.717) is 4.91 Å². The predicted octanol–water partition coefficient (Wildman–Crippen LogP) is 2.65. The summed E-state index contributed by atoms with van der Waals surface area (Å²) in [5.74, 6) is -0.681. The van der Waals surface area contributed by atoms with Gasteiger partial charge in [-0.25, -0.2) is 4.79 Å². The molecule has 0 spiro atoms. The third kappa shape index (κ3) is 3.75. The normalized spacial score (nSPS) is 27.1. The third-order valence-corrected chi connectivity index (χ3v) is 11.5. The van der Waals surface area contributed by atoms with E-state index >= 15 is 0 Å². The number of aliphatic hydroxyl groups excluding tert-OH is 2.